The minimum Gasteiger partial charge on any atom is -0.308 e. The molecule has 0 N–H and O–H groups in total. The Balaban J connectivity index is 0.815. The van der Waals surface area contributed by atoms with E-state index in [1.54, 1.807) is 0 Å². The van der Waals surface area contributed by atoms with E-state index in [9.17, 15) is 0 Å². The molecule has 0 aliphatic carbocycles. The summed E-state index contributed by atoms with van der Waals surface area (Å²) in [7, 11) is 0. The van der Waals surface area contributed by atoms with E-state index in [0.717, 1.165) is 155 Å². The molecule has 0 saturated heterocycles. The highest BCUT2D eigenvalue weighted by Gasteiger charge is 2.28. The zero-order valence-electron chi connectivity index (χ0n) is 53.9. The van der Waals surface area contributed by atoms with E-state index < -0.39 is 0 Å². The molecule has 0 spiro atoms. The summed E-state index contributed by atoms with van der Waals surface area (Å²) in [6.07, 6.45) is 0. The van der Waals surface area contributed by atoms with Crippen LogP contribution in [0.4, 0.5) is 0 Å². The Kier molecular flexibility index (Phi) is 13.1. The fourth-order valence-corrected chi connectivity index (χ4v) is 15.5. The lowest BCUT2D eigenvalue weighted by Gasteiger charge is -2.20. The molecular formula is C91H57N9. The highest BCUT2D eigenvalue weighted by atomic mass is 15.1. The summed E-state index contributed by atoms with van der Waals surface area (Å²) in [6.45, 7) is 0. The molecule has 0 unspecified atom stereocenters. The van der Waals surface area contributed by atoms with Crippen LogP contribution in [0.2, 0.25) is 0 Å². The normalized spacial score (nSPS) is 11.8. The smallest absolute Gasteiger partial charge is 0.168 e. The van der Waals surface area contributed by atoms with Gasteiger partial charge in [0, 0.05) is 70.9 Å². The zero-order valence-corrected chi connectivity index (χ0v) is 53.9. The number of hydrogen-bond acceptors (Lipinski definition) is 5. The van der Waals surface area contributed by atoms with Crippen molar-refractivity contribution in [3.05, 3.63) is 346 Å². The van der Waals surface area contributed by atoms with Crippen molar-refractivity contribution < 1.29 is 0 Å². The molecule has 20 aromatic rings. The summed E-state index contributed by atoms with van der Waals surface area (Å²) in [5, 5.41) is 9.26. The fourth-order valence-electron chi connectivity index (χ4n) is 15.5. The van der Waals surface area contributed by atoms with Crippen molar-refractivity contribution in [3.8, 4) is 102 Å². The third-order valence-corrected chi connectivity index (χ3v) is 19.8. The monoisotopic (exact) mass is 1280 g/mol. The van der Waals surface area contributed by atoms with E-state index in [1.165, 1.54) is 10.8 Å². The number of fused-ring (bicyclic) bond motifs is 12. The quantitative estimate of drug-likeness (QED) is 0.129. The molecule has 20 rings (SSSR count). The molecule has 0 aliphatic rings. The van der Waals surface area contributed by atoms with Gasteiger partial charge in [0.1, 0.15) is 0 Å². The topological polar surface area (TPSA) is 84.2 Å². The summed E-state index contributed by atoms with van der Waals surface area (Å²) in [4.78, 5) is 27.7. The third-order valence-electron chi connectivity index (χ3n) is 19.8. The molecule has 0 saturated carbocycles. The van der Waals surface area contributed by atoms with Crippen LogP contribution in [-0.4, -0.2) is 43.2 Å². The van der Waals surface area contributed by atoms with Gasteiger partial charge in [0.05, 0.1) is 83.8 Å². The fraction of sp³-hybridized carbons (Fsp3) is 0. The van der Waals surface area contributed by atoms with Gasteiger partial charge in [-0.25, -0.2) is 24.9 Å². The van der Waals surface area contributed by atoms with Gasteiger partial charge >= 0.3 is 0 Å². The van der Waals surface area contributed by atoms with Crippen LogP contribution in [-0.2, 0) is 0 Å². The van der Waals surface area contributed by atoms with E-state index >= 15 is 0 Å². The first-order valence-corrected chi connectivity index (χ1v) is 33.8. The van der Waals surface area contributed by atoms with Crippen LogP contribution in [0.1, 0.15) is 0 Å². The van der Waals surface area contributed by atoms with Crippen LogP contribution in [0.5, 0.6) is 0 Å². The van der Waals surface area contributed by atoms with Crippen LogP contribution in [0.15, 0.2) is 346 Å². The maximum Gasteiger partial charge on any atom is 0.168 e. The summed E-state index contributed by atoms with van der Waals surface area (Å²) < 4.78 is 9.65. The number of hydrogen-bond donors (Lipinski definition) is 0. The molecule has 9 heteroatoms. The predicted octanol–water partition coefficient (Wildman–Crippen LogP) is 22.7. The Hall–Kier alpha value is -13.6. The second-order valence-electron chi connectivity index (χ2n) is 25.5. The van der Waals surface area contributed by atoms with Crippen LogP contribution in [0, 0.1) is 0 Å². The lowest BCUT2D eigenvalue weighted by atomic mass is 10.0. The van der Waals surface area contributed by atoms with E-state index in [0.29, 0.717) is 23.3 Å². The summed E-state index contributed by atoms with van der Waals surface area (Å²) in [5.41, 5.74) is 21.6. The Labute approximate surface area is 574 Å². The Bertz CT molecular complexity index is 6310. The number of rotatable bonds is 11. The molecule has 0 atom stereocenters. The summed E-state index contributed by atoms with van der Waals surface area (Å²) >= 11 is 0. The van der Waals surface area contributed by atoms with E-state index in [1.807, 2.05) is 24.3 Å². The van der Waals surface area contributed by atoms with E-state index in [4.69, 9.17) is 24.9 Å². The number of aromatic nitrogens is 9. The highest BCUT2D eigenvalue weighted by molar-refractivity contribution is 6.14. The average molecular weight is 1280 g/mol. The first-order chi connectivity index (χ1) is 49.6. The molecular weight excluding hydrogens is 1220 g/mol. The van der Waals surface area contributed by atoms with Crippen LogP contribution >= 0.6 is 0 Å². The molecule has 0 fully saturated rings. The maximum absolute atomic E-state index is 5.72. The van der Waals surface area contributed by atoms with Gasteiger partial charge in [-0.1, -0.05) is 261 Å². The molecule has 9 nitrogen and oxygen atoms in total. The molecule has 466 valence electrons. The van der Waals surface area contributed by atoms with Crippen molar-refractivity contribution in [2.45, 2.75) is 0 Å². The van der Waals surface area contributed by atoms with Crippen molar-refractivity contribution in [1.29, 1.82) is 0 Å². The van der Waals surface area contributed by atoms with Crippen molar-refractivity contribution in [1.82, 2.24) is 43.2 Å². The summed E-state index contributed by atoms with van der Waals surface area (Å²) in [5.74, 6) is 2.30. The van der Waals surface area contributed by atoms with E-state index in [-0.39, 0.29) is 0 Å². The predicted molar refractivity (Wildman–Crippen MR) is 411 cm³/mol. The number of para-hydroxylation sites is 7. The third kappa shape index (κ3) is 9.06. The largest absolute Gasteiger partial charge is 0.308 e. The molecule has 6 aromatic heterocycles. The highest BCUT2D eigenvalue weighted by Crippen LogP contribution is 2.46. The lowest BCUT2D eigenvalue weighted by molar-refractivity contribution is 1.05. The average Bonchev–Trinajstić information content (AvgIpc) is 1.54. The Morgan fingerprint density at radius 1 is 0.160 bits per heavy atom. The molecule has 0 aliphatic heterocycles. The number of benzene rings is 14. The number of nitrogens with zero attached hydrogens (tertiary/aromatic N) is 9. The maximum atomic E-state index is 5.72. The van der Waals surface area contributed by atoms with Gasteiger partial charge in [-0.3, -0.25) is 0 Å². The van der Waals surface area contributed by atoms with Gasteiger partial charge in [-0.05, 0) is 96.1 Å². The lowest BCUT2D eigenvalue weighted by Crippen LogP contribution is -2.07. The van der Waals surface area contributed by atoms with Crippen molar-refractivity contribution in [3.63, 3.8) is 0 Å². The van der Waals surface area contributed by atoms with Gasteiger partial charge in [0.2, 0.25) is 0 Å². The van der Waals surface area contributed by atoms with Crippen molar-refractivity contribution >= 4 is 87.2 Å². The minimum absolute atomic E-state index is 0.545. The summed E-state index contributed by atoms with van der Waals surface area (Å²) in [6, 6.07) is 123. The first-order valence-electron chi connectivity index (χ1n) is 33.8. The second kappa shape index (κ2) is 23.0. The standard InChI is InChI=1S/C91H57N9/c1-4-27-58(28-5-1)72-57-73(93-88(92-72)59-29-6-2-7-30-59)86-81(97-74-42-17-10-35-64(74)65-36-11-18-43-75(65)97)49-25-50-82(86)100-80-48-23-16-41-70(80)71-54-53-62(56-85(71)100)61-33-24-34-63(55-61)90-94-89(60-31-8-3-9-32-60)95-91(96-90)87-83(98-76-44-19-12-37-66(76)67-38-13-20-45-77(67)98)51-26-52-84(87)99-78-46-21-14-39-68(78)69-40-15-22-47-79(69)99/h1-57H. The SMILES string of the molecule is c1ccc(-c2cc(-c3c(-n4c5ccccc5c5ccccc54)cccc3-n3c4ccccc4c4ccc(-c5cccc(-c6nc(-c7ccccc7)nc(-c7c(-n8c9ccccc9c9ccccc98)cccc7-n7c8ccccc8c8ccccc87)n6)c5)cc43)nc(-c3ccccc3)n2)cc1. The van der Waals surface area contributed by atoms with Gasteiger partial charge in [0.25, 0.3) is 0 Å². The molecule has 100 heavy (non-hydrogen) atoms. The minimum atomic E-state index is 0.545. The van der Waals surface area contributed by atoms with Crippen molar-refractivity contribution in [2.24, 2.45) is 0 Å². The van der Waals surface area contributed by atoms with Gasteiger partial charge < -0.3 is 18.3 Å². The van der Waals surface area contributed by atoms with Crippen LogP contribution in [0.25, 0.3) is 189 Å². The van der Waals surface area contributed by atoms with Crippen LogP contribution < -0.4 is 0 Å². The van der Waals surface area contributed by atoms with Crippen molar-refractivity contribution in [2.75, 3.05) is 0 Å². The van der Waals surface area contributed by atoms with E-state index in [2.05, 4.69) is 340 Å². The Morgan fingerprint density at radius 2 is 0.450 bits per heavy atom. The van der Waals surface area contributed by atoms with Gasteiger partial charge in [0.15, 0.2) is 23.3 Å². The molecule has 14 aromatic carbocycles. The van der Waals surface area contributed by atoms with Gasteiger partial charge in [-0.2, -0.15) is 0 Å². The second-order valence-corrected chi connectivity index (χ2v) is 25.5. The molecule has 0 amide bonds. The van der Waals surface area contributed by atoms with Crippen LogP contribution in [0.3, 0.4) is 0 Å². The first kappa shape index (κ1) is 56.7. The molecule has 0 bridgehead atoms. The molecule has 0 radical (unpaired) electrons. The zero-order chi connectivity index (χ0) is 65.8. The Morgan fingerprint density at radius 3 is 0.880 bits per heavy atom. The van der Waals surface area contributed by atoms with Gasteiger partial charge in [-0.15, -0.1) is 0 Å². The molecule has 6 heterocycles.